The highest BCUT2D eigenvalue weighted by atomic mass is 35.5. The molecule has 0 radical (unpaired) electrons. The third-order valence-corrected chi connectivity index (χ3v) is 5.99. The Labute approximate surface area is 203 Å². The number of aromatic nitrogens is 2. The highest BCUT2D eigenvalue weighted by Crippen LogP contribution is 2.36. The molecule has 0 saturated carbocycles. The number of ether oxygens (including phenoxy) is 1. The standard InChI is InChI=1S/C23H15Cl3N2O3S/c24-17-10-18(25)22(19(26)11-17)30-12-21-27-28-23(31-21)32-13-20(29)16-8-6-15(7-9-16)14-4-2-1-3-5-14/h1-11H,12-13H2. The predicted octanol–water partition coefficient (Wildman–Crippen LogP) is 7.25. The van der Waals surface area contributed by atoms with Crippen LogP contribution in [0.5, 0.6) is 5.75 Å². The van der Waals surface area contributed by atoms with E-state index in [0.29, 0.717) is 10.6 Å². The zero-order chi connectivity index (χ0) is 22.5. The Balaban J connectivity index is 1.32. The van der Waals surface area contributed by atoms with Crippen molar-refractivity contribution in [3.63, 3.8) is 0 Å². The van der Waals surface area contributed by atoms with E-state index < -0.39 is 0 Å². The first kappa shape index (κ1) is 22.7. The summed E-state index contributed by atoms with van der Waals surface area (Å²) in [6.45, 7) is -0.0243. The van der Waals surface area contributed by atoms with Gasteiger partial charge in [-0.2, -0.15) is 0 Å². The van der Waals surface area contributed by atoms with E-state index in [1.807, 2.05) is 54.6 Å². The van der Waals surface area contributed by atoms with Crippen molar-refractivity contribution in [3.05, 3.63) is 93.3 Å². The number of rotatable bonds is 8. The second-order valence-corrected chi connectivity index (χ2v) is 8.78. The van der Waals surface area contributed by atoms with Gasteiger partial charge >= 0.3 is 0 Å². The SMILES string of the molecule is O=C(CSc1nnc(COc2c(Cl)cc(Cl)cc2Cl)o1)c1ccc(-c2ccccc2)cc1. The molecule has 0 fully saturated rings. The van der Waals surface area contributed by atoms with E-state index in [-0.39, 0.29) is 45.1 Å². The highest BCUT2D eigenvalue weighted by Gasteiger charge is 2.14. The van der Waals surface area contributed by atoms with Gasteiger partial charge in [0.1, 0.15) is 0 Å². The Morgan fingerprint density at radius 1 is 0.906 bits per heavy atom. The van der Waals surface area contributed by atoms with Gasteiger partial charge in [0.05, 0.1) is 15.8 Å². The highest BCUT2D eigenvalue weighted by molar-refractivity contribution is 7.99. The summed E-state index contributed by atoms with van der Waals surface area (Å²) in [6.07, 6.45) is 0. The summed E-state index contributed by atoms with van der Waals surface area (Å²) in [5.41, 5.74) is 2.77. The summed E-state index contributed by atoms with van der Waals surface area (Å²) in [6, 6.07) is 20.5. The third-order valence-electron chi connectivity index (χ3n) is 4.39. The molecule has 4 rings (SSSR count). The van der Waals surface area contributed by atoms with Crippen LogP contribution in [0.1, 0.15) is 16.2 Å². The lowest BCUT2D eigenvalue weighted by atomic mass is 10.0. The number of hydrogen-bond donors (Lipinski definition) is 0. The van der Waals surface area contributed by atoms with Gasteiger partial charge in [0.15, 0.2) is 18.1 Å². The fraction of sp³-hybridized carbons (Fsp3) is 0.0870. The maximum absolute atomic E-state index is 12.5. The first-order valence-corrected chi connectivity index (χ1v) is 11.5. The van der Waals surface area contributed by atoms with E-state index in [4.69, 9.17) is 44.0 Å². The van der Waals surface area contributed by atoms with Gasteiger partial charge in [-0.05, 0) is 23.3 Å². The lowest BCUT2D eigenvalue weighted by Gasteiger charge is -2.08. The molecule has 0 N–H and O–H groups in total. The number of hydrogen-bond acceptors (Lipinski definition) is 6. The lowest BCUT2D eigenvalue weighted by Crippen LogP contribution is -2.02. The lowest BCUT2D eigenvalue weighted by molar-refractivity contribution is 0.102. The van der Waals surface area contributed by atoms with Crippen LogP contribution in [0.15, 0.2) is 76.4 Å². The molecule has 0 aliphatic heterocycles. The molecular formula is C23H15Cl3N2O3S. The second-order valence-electron chi connectivity index (χ2n) is 6.60. The first-order chi connectivity index (χ1) is 15.5. The third kappa shape index (κ3) is 5.64. The maximum Gasteiger partial charge on any atom is 0.277 e. The Morgan fingerprint density at radius 2 is 1.56 bits per heavy atom. The molecule has 0 aliphatic rings. The largest absolute Gasteiger partial charge is 0.481 e. The molecule has 9 heteroatoms. The Hall–Kier alpha value is -2.51. The van der Waals surface area contributed by atoms with Crippen molar-refractivity contribution in [2.45, 2.75) is 11.8 Å². The van der Waals surface area contributed by atoms with Crippen LogP contribution in [0.2, 0.25) is 15.1 Å². The summed E-state index contributed by atoms with van der Waals surface area (Å²) in [5, 5.41) is 9.08. The molecule has 0 bridgehead atoms. The monoisotopic (exact) mass is 504 g/mol. The number of ketones is 1. The fourth-order valence-corrected chi connectivity index (χ4v) is 4.45. The number of benzene rings is 3. The number of carbonyl (C=O) groups excluding carboxylic acids is 1. The quantitative estimate of drug-likeness (QED) is 0.186. The van der Waals surface area contributed by atoms with Crippen LogP contribution in [-0.2, 0) is 6.61 Å². The van der Waals surface area contributed by atoms with E-state index in [2.05, 4.69) is 10.2 Å². The summed E-state index contributed by atoms with van der Waals surface area (Å²) in [4.78, 5) is 12.5. The van der Waals surface area contributed by atoms with Gasteiger partial charge in [0.2, 0.25) is 0 Å². The van der Waals surface area contributed by atoms with Gasteiger partial charge < -0.3 is 9.15 Å². The van der Waals surface area contributed by atoms with E-state index in [1.165, 1.54) is 12.1 Å². The van der Waals surface area contributed by atoms with Crippen molar-refractivity contribution >= 4 is 52.3 Å². The van der Waals surface area contributed by atoms with Crippen LogP contribution in [0, 0.1) is 0 Å². The van der Waals surface area contributed by atoms with E-state index >= 15 is 0 Å². The van der Waals surface area contributed by atoms with Crippen LogP contribution in [0.4, 0.5) is 0 Å². The van der Waals surface area contributed by atoms with Crippen LogP contribution < -0.4 is 4.74 Å². The molecule has 0 aliphatic carbocycles. The van der Waals surface area contributed by atoms with Gasteiger partial charge in [-0.3, -0.25) is 4.79 Å². The number of Topliss-reactive ketones (excluding diaryl/α,β-unsaturated/α-hetero) is 1. The zero-order valence-corrected chi connectivity index (χ0v) is 19.5. The van der Waals surface area contributed by atoms with Crippen molar-refractivity contribution in [2.75, 3.05) is 5.75 Å². The van der Waals surface area contributed by atoms with Crippen LogP contribution in [0.25, 0.3) is 11.1 Å². The van der Waals surface area contributed by atoms with Crippen LogP contribution >= 0.6 is 46.6 Å². The fourth-order valence-electron chi connectivity index (χ4n) is 2.85. The van der Waals surface area contributed by atoms with E-state index in [9.17, 15) is 4.79 Å². The van der Waals surface area contributed by atoms with Gasteiger partial charge in [-0.25, -0.2) is 0 Å². The molecule has 0 spiro atoms. The number of halogens is 3. The number of nitrogens with zero attached hydrogens (tertiary/aromatic N) is 2. The minimum Gasteiger partial charge on any atom is -0.481 e. The Kier molecular flexibility index (Phi) is 7.37. The van der Waals surface area contributed by atoms with Crippen molar-refractivity contribution in [3.8, 4) is 16.9 Å². The molecule has 1 aromatic heterocycles. The average Bonchev–Trinajstić information content (AvgIpc) is 3.25. The minimum absolute atomic E-state index is 0.0243. The van der Waals surface area contributed by atoms with Gasteiger partial charge in [-0.1, -0.05) is 101 Å². The molecule has 162 valence electrons. The van der Waals surface area contributed by atoms with Gasteiger partial charge in [0.25, 0.3) is 11.1 Å². The molecule has 32 heavy (non-hydrogen) atoms. The van der Waals surface area contributed by atoms with Crippen LogP contribution in [-0.4, -0.2) is 21.7 Å². The van der Waals surface area contributed by atoms with Gasteiger partial charge in [0, 0.05) is 10.6 Å². The smallest absolute Gasteiger partial charge is 0.277 e. The molecule has 1 heterocycles. The molecule has 0 atom stereocenters. The summed E-state index contributed by atoms with van der Waals surface area (Å²) < 4.78 is 11.1. The Bertz CT molecular complexity index is 1210. The van der Waals surface area contributed by atoms with Crippen molar-refractivity contribution in [1.29, 1.82) is 0 Å². The van der Waals surface area contributed by atoms with E-state index in [1.54, 1.807) is 0 Å². The number of carbonyl (C=O) groups is 1. The predicted molar refractivity (Wildman–Crippen MR) is 127 cm³/mol. The molecule has 4 aromatic rings. The summed E-state index contributed by atoms with van der Waals surface area (Å²) in [7, 11) is 0. The topological polar surface area (TPSA) is 65.2 Å². The van der Waals surface area contributed by atoms with Crippen molar-refractivity contribution in [2.24, 2.45) is 0 Å². The summed E-state index contributed by atoms with van der Waals surface area (Å²) >= 11 is 19.2. The molecule has 3 aromatic carbocycles. The molecule has 0 amide bonds. The maximum atomic E-state index is 12.5. The van der Waals surface area contributed by atoms with Gasteiger partial charge in [-0.15, -0.1) is 10.2 Å². The normalized spacial score (nSPS) is 10.8. The average molecular weight is 506 g/mol. The molecular weight excluding hydrogens is 491 g/mol. The van der Waals surface area contributed by atoms with Crippen LogP contribution in [0.3, 0.4) is 0 Å². The second kappa shape index (κ2) is 10.4. The van der Waals surface area contributed by atoms with Crippen molar-refractivity contribution < 1.29 is 13.9 Å². The minimum atomic E-state index is -0.0367. The summed E-state index contributed by atoms with van der Waals surface area (Å²) in [5.74, 6) is 0.640. The Morgan fingerprint density at radius 3 is 2.25 bits per heavy atom. The molecule has 0 unspecified atom stereocenters. The first-order valence-electron chi connectivity index (χ1n) is 9.41. The molecule has 0 saturated heterocycles. The molecule has 5 nitrogen and oxygen atoms in total. The number of thioether (sulfide) groups is 1. The zero-order valence-electron chi connectivity index (χ0n) is 16.4. The van der Waals surface area contributed by atoms with Crippen molar-refractivity contribution in [1.82, 2.24) is 10.2 Å². The van der Waals surface area contributed by atoms with E-state index in [0.717, 1.165) is 22.9 Å².